The van der Waals surface area contributed by atoms with Crippen molar-refractivity contribution in [3.05, 3.63) is 35.4 Å². The molecule has 0 bridgehead atoms. The number of esters is 1. The highest BCUT2D eigenvalue weighted by atomic mass is 16.5. The topological polar surface area (TPSA) is 46.6 Å². The number of ether oxygens (including phenoxy) is 1. The Morgan fingerprint density at radius 1 is 1.22 bits per heavy atom. The molecule has 0 atom stereocenters. The molecule has 0 aromatic heterocycles. The number of carbonyl (C=O) groups excluding carboxylic acids is 2. The van der Waals surface area contributed by atoms with Gasteiger partial charge in [-0.15, -0.1) is 0 Å². The number of nitrogens with zero attached hydrogens (tertiary/aromatic N) is 1. The summed E-state index contributed by atoms with van der Waals surface area (Å²) in [5, 5.41) is 0. The van der Waals surface area contributed by atoms with Crippen LogP contribution in [0, 0.1) is 0 Å². The third-order valence-electron chi connectivity index (χ3n) is 2.83. The maximum absolute atomic E-state index is 12.0. The minimum Gasteiger partial charge on any atom is -0.469 e. The smallest absolute Gasteiger partial charge is 0.307 e. The number of methoxy groups -OCH3 is 1. The van der Waals surface area contributed by atoms with Gasteiger partial charge >= 0.3 is 5.97 Å². The van der Waals surface area contributed by atoms with Gasteiger partial charge in [-0.05, 0) is 24.1 Å². The van der Waals surface area contributed by atoms with Crippen LogP contribution < -0.4 is 0 Å². The average molecular weight is 249 g/mol. The first-order chi connectivity index (χ1) is 8.58. The van der Waals surface area contributed by atoms with E-state index >= 15 is 0 Å². The zero-order valence-corrected chi connectivity index (χ0v) is 11.1. The lowest BCUT2D eigenvalue weighted by atomic mass is 10.1. The molecule has 0 fully saturated rings. The van der Waals surface area contributed by atoms with Crippen molar-refractivity contribution in [2.45, 2.75) is 19.8 Å². The van der Waals surface area contributed by atoms with Crippen LogP contribution in [-0.2, 0) is 16.0 Å². The van der Waals surface area contributed by atoms with E-state index < -0.39 is 0 Å². The predicted octanol–water partition coefficient (Wildman–Crippen LogP) is 1.88. The highest BCUT2D eigenvalue weighted by molar-refractivity contribution is 5.94. The summed E-state index contributed by atoms with van der Waals surface area (Å²) < 4.78 is 4.54. The normalized spacial score (nSPS) is 9.94. The Hall–Kier alpha value is -1.84. The van der Waals surface area contributed by atoms with Gasteiger partial charge in [-0.25, -0.2) is 0 Å². The van der Waals surface area contributed by atoms with Crippen molar-refractivity contribution < 1.29 is 14.3 Å². The molecule has 1 amide bonds. The molecule has 1 aromatic rings. The van der Waals surface area contributed by atoms with Crippen molar-refractivity contribution in [3.8, 4) is 0 Å². The molecule has 0 N–H and O–H groups in total. The summed E-state index contributed by atoms with van der Waals surface area (Å²) in [6, 6.07) is 7.52. The van der Waals surface area contributed by atoms with Gasteiger partial charge in [-0.1, -0.05) is 19.1 Å². The van der Waals surface area contributed by atoms with E-state index in [0.29, 0.717) is 12.1 Å². The lowest BCUT2D eigenvalue weighted by molar-refractivity contribution is -0.140. The fourth-order valence-electron chi connectivity index (χ4n) is 1.57. The zero-order valence-electron chi connectivity index (χ0n) is 11.1. The molecule has 0 saturated heterocycles. The SMILES string of the molecule is CCc1ccc(C(=O)N(C)CCC(=O)OC)cc1. The number of benzene rings is 1. The van der Waals surface area contributed by atoms with Crippen LogP contribution in [0.1, 0.15) is 29.3 Å². The van der Waals surface area contributed by atoms with Gasteiger partial charge in [0.05, 0.1) is 13.5 Å². The highest BCUT2D eigenvalue weighted by Crippen LogP contribution is 2.08. The lowest BCUT2D eigenvalue weighted by Gasteiger charge is -2.16. The van der Waals surface area contributed by atoms with E-state index in [4.69, 9.17) is 0 Å². The molecule has 0 aliphatic rings. The summed E-state index contributed by atoms with van der Waals surface area (Å²) in [5.74, 6) is -0.391. The minimum absolute atomic E-state index is 0.0819. The minimum atomic E-state index is -0.309. The third-order valence-corrected chi connectivity index (χ3v) is 2.83. The maximum Gasteiger partial charge on any atom is 0.307 e. The molecule has 18 heavy (non-hydrogen) atoms. The lowest BCUT2D eigenvalue weighted by Crippen LogP contribution is -2.29. The van der Waals surface area contributed by atoms with Crippen LogP contribution in [0.3, 0.4) is 0 Å². The summed E-state index contributed by atoms with van der Waals surface area (Å²) in [5.41, 5.74) is 1.84. The molecule has 4 heteroatoms. The van der Waals surface area contributed by atoms with Gasteiger partial charge in [0.1, 0.15) is 0 Å². The molecule has 0 aliphatic carbocycles. The molecule has 0 spiro atoms. The first-order valence-corrected chi connectivity index (χ1v) is 5.99. The van der Waals surface area contributed by atoms with E-state index in [1.807, 2.05) is 24.3 Å². The fraction of sp³-hybridized carbons (Fsp3) is 0.429. The van der Waals surface area contributed by atoms with Crippen molar-refractivity contribution in [3.63, 3.8) is 0 Å². The average Bonchev–Trinajstić information content (AvgIpc) is 2.43. The molecule has 0 unspecified atom stereocenters. The Kier molecular flexibility index (Phi) is 5.36. The van der Waals surface area contributed by atoms with Crippen LogP contribution in [0.15, 0.2) is 24.3 Å². The summed E-state index contributed by atoms with van der Waals surface area (Å²) in [7, 11) is 3.02. The van der Waals surface area contributed by atoms with E-state index in [1.165, 1.54) is 17.6 Å². The second kappa shape index (κ2) is 6.79. The number of hydrogen-bond acceptors (Lipinski definition) is 3. The zero-order chi connectivity index (χ0) is 13.5. The fourth-order valence-corrected chi connectivity index (χ4v) is 1.57. The molecular weight excluding hydrogens is 230 g/mol. The summed E-state index contributed by atoms with van der Waals surface area (Å²) >= 11 is 0. The number of rotatable bonds is 5. The first kappa shape index (κ1) is 14.2. The molecule has 0 aliphatic heterocycles. The van der Waals surface area contributed by atoms with Gasteiger partial charge < -0.3 is 9.64 Å². The summed E-state index contributed by atoms with van der Waals surface area (Å²) in [6.45, 7) is 2.43. The highest BCUT2D eigenvalue weighted by Gasteiger charge is 2.12. The van der Waals surface area contributed by atoms with Crippen molar-refractivity contribution >= 4 is 11.9 Å². The van der Waals surface area contributed by atoms with Gasteiger partial charge in [0.2, 0.25) is 0 Å². The van der Waals surface area contributed by atoms with Gasteiger partial charge in [0.15, 0.2) is 0 Å². The van der Waals surface area contributed by atoms with Crippen molar-refractivity contribution in [2.24, 2.45) is 0 Å². The van der Waals surface area contributed by atoms with Gasteiger partial charge in [0.25, 0.3) is 5.91 Å². The van der Waals surface area contributed by atoms with Crippen LogP contribution in [0.4, 0.5) is 0 Å². The van der Waals surface area contributed by atoms with E-state index in [-0.39, 0.29) is 18.3 Å². The Balaban J connectivity index is 2.59. The van der Waals surface area contributed by atoms with Gasteiger partial charge in [-0.3, -0.25) is 9.59 Å². The molecule has 1 aromatic carbocycles. The second-order valence-corrected chi connectivity index (χ2v) is 4.10. The van der Waals surface area contributed by atoms with Crippen molar-refractivity contribution in [1.29, 1.82) is 0 Å². The molecule has 0 radical (unpaired) electrons. The number of hydrogen-bond donors (Lipinski definition) is 0. The van der Waals surface area contributed by atoms with Gasteiger partial charge in [0, 0.05) is 19.2 Å². The van der Waals surface area contributed by atoms with Gasteiger partial charge in [-0.2, -0.15) is 0 Å². The van der Waals surface area contributed by atoms with Crippen LogP contribution in [0.25, 0.3) is 0 Å². The Labute approximate surface area is 108 Å². The van der Waals surface area contributed by atoms with Crippen LogP contribution in [-0.4, -0.2) is 37.5 Å². The molecule has 4 nitrogen and oxygen atoms in total. The summed E-state index contributed by atoms with van der Waals surface area (Å²) in [6.07, 6.45) is 1.17. The predicted molar refractivity (Wildman–Crippen MR) is 69.4 cm³/mol. The quantitative estimate of drug-likeness (QED) is 0.749. The Bertz CT molecular complexity index is 412. The summed E-state index contributed by atoms with van der Waals surface area (Å²) in [4.78, 5) is 24.5. The van der Waals surface area contributed by atoms with Crippen LogP contribution in [0.5, 0.6) is 0 Å². The van der Waals surface area contributed by atoms with E-state index in [1.54, 1.807) is 7.05 Å². The number of carbonyl (C=O) groups is 2. The van der Waals surface area contributed by atoms with E-state index in [2.05, 4.69) is 11.7 Å². The molecular formula is C14H19NO3. The number of aryl methyl sites for hydroxylation is 1. The third kappa shape index (κ3) is 3.87. The van der Waals surface area contributed by atoms with Crippen molar-refractivity contribution in [1.82, 2.24) is 4.90 Å². The van der Waals surface area contributed by atoms with E-state index in [0.717, 1.165) is 6.42 Å². The number of amides is 1. The first-order valence-electron chi connectivity index (χ1n) is 5.99. The van der Waals surface area contributed by atoms with Crippen LogP contribution in [0.2, 0.25) is 0 Å². The molecule has 0 heterocycles. The monoisotopic (exact) mass is 249 g/mol. The molecule has 0 saturated carbocycles. The maximum atomic E-state index is 12.0. The molecule has 98 valence electrons. The van der Waals surface area contributed by atoms with E-state index in [9.17, 15) is 9.59 Å². The molecule has 1 rings (SSSR count). The Morgan fingerprint density at radius 2 is 1.83 bits per heavy atom. The standard InChI is InChI=1S/C14H19NO3/c1-4-11-5-7-12(8-6-11)14(17)15(2)10-9-13(16)18-3/h5-8H,4,9-10H2,1-3H3. The Morgan fingerprint density at radius 3 is 2.33 bits per heavy atom. The second-order valence-electron chi connectivity index (χ2n) is 4.10. The largest absolute Gasteiger partial charge is 0.469 e. The van der Waals surface area contributed by atoms with Crippen molar-refractivity contribution in [2.75, 3.05) is 20.7 Å². The van der Waals surface area contributed by atoms with Crippen LogP contribution >= 0.6 is 0 Å².